The smallest absolute Gasteiger partial charge is 0.262 e. The maximum Gasteiger partial charge on any atom is 0.262 e. The van der Waals surface area contributed by atoms with Crippen molar-refractivity contribution in [1.29, 1.82) is 0 Å². The van der Waals surface area contributed by atoms with Crippen molar-refractivity contribution in [2.45, 2.75) is 20.1 Å². The molecule has 174 valence electrons. The van der Waals surface area contributed by atoms with Crippen molar-refractivity contribution in [3.8, 4) is 11.6 Å². The average Bonchev–Trinajstić information content (AvgIpc) is 3.20. The lowest BCUT2D eigenvalue weighted by Gasteiger charge is -2.11. The summed E-state index contributed by atoms with van der Waals surface area (Å²) in [6.07, 6.45) is 1.53. The van der Waals surface area contributed by atoms with Gasteiger partial charge in [-0.25, -0.2) is 8.78 Å². The van der Waals surface area contributed by atoms with Crippen LogP contribution in [0.3, 0.4) is 0 Å². The summed E-state index contributed by atoms with van der Waals surface area (Å²) in [6, 6.07) is 17.5. The monoisotopic (exact) mass is 463 g/mol. The minimum absolute atomic E-state index is 0.0167. The van der Waals surface area contributed by atoms with Crippen LogP contribution in [0.25, 0.3) is 0 Å². The fraction of sp³-hybridized carbons (Fsp3) is 0.154. The van der Waals surface area contributed by atoms with E-state index >= 15 is 0 Å². The second-order valence-electron chi connectivity index (χ2n) is 7.75. The molecule has 0 saturated heterocycles. The maximum absolute atomic E-state index is 13.6. The van der Waals surface area contributed by atoms with Gasteiger partial charge in [-0.1, -0.05) is 30.3 Å². The zero-order valence-electron chi connectivity index (χ0n) is 18.7. The third kappa shape index (κ3) is 5.58. The molecule has 0 bridgehead atoms. The summed E-state index contributed by atoms with van der Waals surface area (Å²) < 4.78 is 39.8. The molecule has 0 radical (unpaired) electrons. The standard InChI is InChI=1S/C26H23F2N3O3/c1-17-9-10-24(33-2)23(11-17)29-25(32)22-15-31(14-18-5-3-7-20(27)12-18)30-26(22)34-16-19-6-4-8-21(28)13-19/h3-13,15H,14,16H2,1-2H3,(H,29,32). The van der Waals surface area contributed by atoms with Gasteiger partial charge in [-0.2, -0.15) is 0 Å². The second kappa shape index (κ2) is 10.2. The number of nitrogens with zero attached hydrogens (tertiary/aromatic N) is 2. The molecule has 4 aromatic rings. The molecule has 1 aromatic heterocycles. The molecule has 0 aliphatic carbocycles. The topological polar surface area (TPSA) is 65.4 Å². The van der Waals surface area contributed by atoms with Gasteiger partial charge in [-0.05, 0) is 60.0 Å². The lowest BCUT2D eigenvalue weighted by molar-refractivity contribution is 0.102. The Labute approximate surface area is 195 Å². The van der Waals surface area contributed by atoms with Crippen LogP contribution in [-0.2, 0) is 13.2 Å². The van der Waals surface area contributed by atoms with Crippen LogP contribution in [0.2, 0.25) is 0 Å². The van der Waals surface area contributed by atoms with Crippen LogP contribution in [0.5, 0.6) is 11.6 Å². The molecule has 0 fully saturated rings. The molecule has 0 saturated carbocycles. The van der Waals surface area contributed by atoms with Gasteiger partial charge in [0.25, 0.3) is 5.91 Å². The van der Waals surface area contributed by atoms with Crippen molar-refractivity contribution in [3.63, 3.8) is 0 Å². The van der Waals surface area contributed by atoms with E-state index in [2.05, 4.69) is 10.4 Å². The van der Waals surface area contributed by atoms with Crippen LogP contribution >= 0.6 is 0 Å². The molecule has 0 aliphatic rings. The molecule has 1 amide bonds. The Balaban J connectivity index is 1.62. The second-order valence-corrected chi connectivity index (χ2v) is 7.75. The van der Waals surface area contributed by atoms with Gasteiger partial charge in [0, 0.05) is 6.20 Å². The first kappa shape index (κ1) is 23.0. The van der Waals surface area contributed by atoms with Crippen molar-refractivity contribution in [1.82, 2.24) is 9.78 Å². The number of methoxy groups -OCH3 is 1. The number of halogens is 2. The molecule has 6 nitrogen and oxygen atoms in total. The Hall–Kier alpha value is -4.20. The SMILES string of the molecule is COc1ccc(C)cc1NC(=O)c1cn(Cc2cccc(F)c2)nc1OCc1cccc(F)c1. The fourth-order valence-corrected chi connectivity index (χ4v) is 3.46. The van der Waals surface area contributed by atoms with E-state index in [-0.39, 0.29) is 36.2 Å². The Bertz CT molecular complexity index is 1320. The van der Waals surface area contributed by atoms with E-state index in [1.54, 1.807) is 36.4 Å². The van der Waals surface area contributed by atoms with E-state index in [1.165, 1.54) is 42.3 Å². The summed E-state index contributed by atoms with van der Waals surface area (Å²) in [4.78, 5) is 13.2. The molecule has 8 heteroatoms. The van der Waals surface area contributed by atoms with Gasteiger partial charge in [0.15, 0.2) is 0 Å². The summed E-state index contributed by atoms with van der Waals surface area (Å²) in [7, 11) is 1.52. The summed E-state index contributed by atoms with van der Waals surface area (Å²) in [6.45, 7) is 2.15. The summed E-state index contributed by atoms with van der Waals surface area (Å²) in [5.74, 6) is -0.624. The minimum atomic E-state index is -0.455. The van der Waals surface area contributed by atoms with E-state index in [4.69, 9.17) is 9.47 Å². The summed E-state index contributed by atoms with van der Waals surface area (Å²) in [5, 5.41) is 7.22. The van der Waals surface area contributed by atoms with Crippen molar-refractivity contribution in [3.05, 3.63) is 107 Å². The summed E-state index contributed by atoms with van der Waals surface area (Å²) >= 11 is 0. The quantitative estimate of drug-likeness (QED) is 0.382. The Morgan fingerprint density at radius 2 is 1.71 bits per heavy atom. The van der Waals surface area contributed by atoms with Gasteiger partial charge in [-0.3, -0.25) is 9.48 Å². The number of hydrogen-bond acceptors (Lipinski definition) is 4. The molecule has 1 heterocycles. The van der Waals surface area contributed by atoms with Crippen molar-refractivity contribution in [2.24, 2.45) is 0 Å². The highest BCUT2D eigenvalue weighted by atomic mass is 19.1. The normalized spacial score (nSPS) is 10.7. The lowest BCUT2D eigenvalue weighted by atomic mass is 10.2. The van der Waals surface area contributed by atoms with Crippen molar-refractivity contribution in [2.75, 3.05) is 12.4 Å². The number of carbonyl (C=O) groups is 1. The first-order chi connectivity index (χ1) is 16.4. The number of amides is 1. The number of nitrogens with one attached hydrogen (secondary N) is 1. The fourth-order valence-electron chi connectivity index (χ4n) is 3.46. The number of carbonyl (C=O) groups excluding carboxylic acids is 1. The molecule has 34 heavy (non-hydrogen) atoms. The van der Waals surface area contributed by atoms with Crippen LogP contribution in [0.1, 0.15) is 27.0 Å². The van der Waals surface area contributed by atoms with Gasteiger partial charge >= 0.3 is 0 Å². The first-order valence-corrected chi connectivity index (χ1v) is 10.6. The average molecular weight is 463 g/mol. The highest BCUT2D eigenvalue weighted by Crippen LogP contribution is 2.27. The third-order valence-electron chi connectivity index (χ3n) is 5.07. The molecule has 1 N–H and O–H groups in total. The summed E-state index contributed by atoms with van der Waals surface area (Å²) in [5.41, 5.74) is 2.89. The molecular formula is C26H23F2N3O3. The zero-order valence-corrected chi connectivity index (χ0v) is 18.7. The van der Waals surface area contributed by atoms with E-state index < -0.39 is 5.91 Å². The van der Waals surface area contributed by atoms with Gasteiger partial charge < -0.3 is 14.8 Å². The predicted octanol–water partition coefficient (Wildman–Crippen LogP) is 5.36. The predicted molar refractivity (Wildman–Crippen MR) is 124 cm³/mol. The Kier molecular flexibility index (Phi) is 6.87. The van der Waals surface area contributed by atoms with E-state index in [1.807, 2.05) is 13.0 Å². The van der Waals surface area contributed by atoms with Crippen LogP contribution in [0, 0.1) is 18.6 Å². The highest BCUT2D eigenvalue weighted by Gasteiger charge is 2.20. The van der Waals surface area contributed by atoms with Gasteiger partial charge in [-0.15, -0.1) is 5.10 Å². The molecule has 0 spiro atoms. The number of anilines is 1. The third-order valence-corrected chi connectivity index (χ3v) is 5.07. The zero-order chi connectivity index (χ0) is 24.1. The molecule has 0 atom stereocenters. The molecular weight excluding hydrogens is 440 g/mol. The molecule has 0 unspecified atom stereocenters. The molecule has 4 rings (SSSR count). The van der Waals surface area contributed by atoms with Crippen LogP contribution < -0.4 is 14.8 Å². The van der Waals surface area contributed by atoms with Crippen molar-refractivity contribution < 1.29 is 23.0 Å². The maximum atomic E-state index is 13.6. The molecule has 3 aromatic carbocycles. The van der Waals surface area contributed by atoms with Gasteiger partial charge in [0.2, 0.25) is 5.88 Å². The van der Waals surface area contributed by atoms with Crippen molar-refractivity contribution >= 4 is 11.6 Å². The number of hydrogen-bond donors (Lipinski definition) is 1. The largest absolute Gasteiger partial charge is 0.495 e. The number of benzene rings is 3. The van der Waals surface area contributed by atoms with E-state index in [0.717, 1.165) is 5.56 Å². The highest BCUT2D eigenvalue weighted by molar-refractivity contribution is 6.06. The number of rotatable bonds is 8. The Morgan fingerprint density at radius 3 is 2.41 bits per heavy atom. The lowest BCUT2D eigenvalue weighted by Crippen LogP contribution is -2.13. The van der Waals surface area contributed by atoms with Crippen LogP contribution in [0.4, 0.5) is 14.5 Å². The Morgan fingerprint density at radius 1 is 1.00 bits per heavy atom. The van der Waals surface area contributed by atoms with Crippen LogP contribution in [0.15, 0.2) is 72.9 Å². The van der Waals surface area contributed by atoms with Crippen LogP contribution in [-0.4, -0.2) is 22.8 Å². The minimum Gasteiger partial charge on any atom is -0.495 e. The first-order valence-electron chi connectivity index (χ1n) is 10.6. The van der Waals surface area contributed by atoms with Gasteiger partial charge in [0.1, 0.15) is 29.6 Å². The van der Waals surface area contributed by atoms with E-state index in [9.17, 15) is 13.6 Å². The number of aromatic nitrogens is 2. The number of aryl methyl sites for hydroxylation is 1. The van der Waals surface area contributed by atoms with E-state index in [0.29, 0.717) is 22.6 Å². The molecule has 0 aliphatic heterocycles. The number of ether oxygens (including phenoxy) is 2. The van der Waals surface area contributed by atoms with Gasteiger partial charge in [0.05, 0.1) is 19.3 Å².